The van der Waals surface area contributed by atoms with Gasteiger partial charge in [0, 0.05) is 6.20 Å². The molecule has 0 saturated heterocycles. The summed E-state index contributed by atoms with van der Waals surface area (Å²) in [5.41, 5.74) is -0.373. The van der Waals surface area contributed by atoms with Crippen LogP contribution in [0.5, 0.6) is 5.88 Å². The van der Waals surface area contributed by atoms with Crippen LogP contribution in [-0.4, -0.2) is 41.8 Å². The van der Waals surface area contributed by atoms with Crippen molar-refractivity contribution < 1.29 is 23.1 Å². The summed E-state index contributed by atoms with van der Waals surface area (Å²) in [6.07, 6.45) is 1.43. The Morgan fingerprint density at radius 2 is 2.19 bits per heavy atom. The van der Waals surface area contributed by atoms with Crippen LogP contribution >= 0.6 is 0 Å². The lowest BCUT2D eigenvalue weighted by Crippen LogP contribution is -2.17. The zero-order chi connectivity index (χ0) is 15.6. The Morgan fingerprint density at radius 3 is 2.81 bits per heavy atom. The van der Waals surface area contributed by atoms with Gasteiger partial charge < -0.3 is 9.84 Å². The molecule has 2 rings (SSSR count). The van der Waals surface area contributed by atoms with Crippen LogP contribution in [0.4, 0.5) is 5.69 Å². The number of H-pyrrole nitrogens is 1. The van der Waals surface area contributed by atoms with E-state index in [-0.39, 0.29) is 17.3 Å². The molecule has 0 aliphatic heterocycles. The standard InChI is InChI=1S/C11H12N4O5S/c1-6-9(8(11(16)17)14-13-6)21(18,19)15-7-4-3-5-12-10(7)20-2/h3-5,15H,1-2H3,(H,13,14)(H,16,17). The molecule has 0 aliphatic rings. The highest BCUT2D eigenvalue weighted by Gasteiger charge is 2.29. The van der Waals surface area contributed by atoms with Crippen molar-refractivity contribution in [1.82, 2.24) is 15.2 Å². The van der Waals surface area contributed by atoms with Crippen molar-refractivity contribution in [3.8, 4) is 5.88 Å². The molecule has 3 N–H and O–H groups in total. The molecule has 9 nitrogen and oxygen atoms in total. The predicted octanol–water partition coefficient (Wildman–Crippen LogP) is 0.621. The summed E-state index contributed by atoms with van der Waals surface area (Å²) in [5.74, 6) is -1.38. The van der Waals surface area contributed by atoms with Gasteiger partial charge in [-0.1, -0.05) is 0 Å². The van der Waals surface area contributed by atoms with Gasteiger partial charge in [-0.15, -0.1) is 0 Å². The minimum Gasteiger partial charge on any atom is -0.480 e. The van der Waals surface area contributed by atoms with Gasteiger partial charge in [-0.3, -0.25) is 9.82 Å². The van der Waals surface area contributed by atoms with E-state index in [1.807, 2.05) is 0 Å². The number of aromatic amines is 1. The van der Waals surface area contributed by atoms with Crippen LogP contribution in [0.1, 0.15) is 16.2 Å². The molecule has 0 aromatic carbocycles. The number of nitrogens with zero attached hydrogens (tertiary/aromatic N) is 2. The number of sulfonamides is 1. The van der Waals surface area contributed by atoms with E-state index in [4.69, 9.17) is 9.84 Å². The molecular weight excluding hydrogens is 300 g/mol. The Labute approximate surface area is 120 Å². The van der Waals surface area contributed by atoms with Gasteiger partial charge in [0.25, 0.3) is 10.0 Å². The maximum atomic E-state index is 12.4. The second kappa shape index (κ2) is 5.40. The first kappa shape index (κ1) is 14.8. The molecule has 0 bridgehead atoms. The van der Waals surface area contributed by atoms with Gasteiger partial charge >= 0.3 is 5.97 Å². The predicted molar refractivity (Wildman–Crippen MR) is 71.9 cm³/mol. The number of carboxylic acid groups (broad SMARTS) is 1. The first-order valence-electron chi connectivity index (χ1n) is 5.67. The third-order valence-corrected chi connectivity index (χ3v) is 4.10. The summed E-state index contributed by atoms with van der Waals surface area (Å²) in [5, 5.41) is 14.8. The summed E-state index contributed by atoms with van der Waals surface area (Å²) in [7, 11) is -2.81. The Balaban J connectivity index is 2.49. The Hall–Kier alpha value is -2.62. The van der Waals surface area contributed by atoms with Gasteiger partial charge in [-0.2, -0.15) is 5.10 Å². The van der Waals surface area contributed by atoms with Crippen molar-refractivity contribution in [2.75, 3.05) is 11.8 Å². The van der Waals surface area contributed by atoms with E-state index in [0.717, 1.165) is 0 Å². The lowest BCUT2D eigenvalue weighted by atomic mass is 10.4. The van der Waals surface area contributed by atoms with Crippen molar-refractivity contribution in [3.05, 3.63) is 29.7 Å². The Bertz CT molecular complexity index is 784. The molecular formula is C11H12N4O5S. The van der Waals surface area contributed by atoms with Crippen molar-refractivity contribution in [3.63, 3.8) is 0 Å². The van der Waals surface area contributed by atoms with Gasteiger partial charge in [0.1, 0.15) is 10.6 Å². The quantitative estimate of drug-likeness (QED) is 0.736. The summed E-state index contributed by atoms with van der Waals surface area (Å²) < 4.78 is 31.9. The zero-order valence-electron chi connectivity index (χ0n) is 11.1. The molecule has 21 heavy (non-hydrogen) atoms. The molecule has 0 spiro atoms. The molecule has 0 radical (unpaired) electrons. The minimum absolute atomic E-state index is 0.0686. The summed E-state index contributed by atoms with van der Waals surface area (Å²) in [6.45, 7) is 1.41. The largest absolute Gasteiger partial charge is 0.480 e. The monoisotopic (exact) mass is 312 g/mol. The number of aryl methyl sites for hydroxylation is 1. The smallest absolute Gasteiger partial charge is 0.357 e. The number of hydrogen-bond donors (Lipinski definition) is 3. The average Bonchev–Trinajstić information content (AvgIpc) is 2.82. The van der Waals surface area contributed by atoms with Gasteiger partial charge in [0.15, 0.2) is 5.69 Å². The van der Waals surface area contributed by atoms with Gasteiger partial charge in [-0.25, -0.2) is 18.2 Å². The van der Waals surface area contributed by atoms with Crippen molar-refractivity contribution in [2.45, 2.75) is 11.8 Å². The van der Waals surface area contributed by atoms with Crippen LogP contribution < -0.4 is 9.46 Å². The highest BCUT2D eigenvalue weighted by Crippen LogP contribution is 2.26. The van der Waals surface area contributed by atoms with Crippen LogP contribution in [0.15, 0.2) is 23.2 Å². The molecule has 2 aromatic rings. The number of carboxylic acids is 1. The van der Waals surface area contributed by atoms with Gasteiger partial charge in [0.05, 0.1) is 12.8 Å². The maximum absolute atomic E-state index is 12.4. The number of anilines is 1. The van der Waals surface area contributed by atoms with Crippen molar-refractivity contribution in [1.29, 1.82) is 0 Å². The van der Waals surface area contributed by atoms with Crippen LogP contribution in [0.2, 0.25) is 0 Å². The highest BCUT2D eigenvalue weighted by molar-refractivity contribution is 7.92. The number of aromatic carboxylic acids is 1. The first-order valence-corrected chi connectivity index (χ1v) is 7.15. The summed E-state index contributed by atoms with van der Waals surface area (Å²) in [4.78, 5) is 14.5. The van der Waals surface area contributed by atoms with Crippen molar-refractivity contribution >= 4 is 21.7 Å². The van der Waals surface area contributed by atoms with E-state index in [9.17, 15) is 13.2 Å². The molecule has 0 fully saturated rings. The first-order chi connectivity index (χ1) is 9.86. The summed E-state index contributed by atoms with van der Waals surface area (Å²) in [6, 6.07) is 2.96. The number of pyridine rings is 1. The second-order valence-corrected chi connectivity index (χ2v) is 5.62. The maximum Gasteiger partial charge on any atom is 0.357 e. The average molecular weight is 312 g/mol. The van der Waals surface area contributed by atoms with E-state index in [0.29, 0.717) is 0 Å². The molecule has 2 heterocycles. The van der Waals surface area contributed by atoms with Crippen LogP contribution in [0, 0.1) is 6.92 Å². The molecule has 0 saturated carbocycles. The van der Waals surface area contributed by atoms with Crippen LogP contribution in [0.25, 0.3) is 0 Å². The zero-order valence-corrected chi connectivity index (χ0v) is 11.9. The molecule has 0 amide bonds. The fourth-order valence-corrected chi connectivity index (χ4v) is 3.10. The highest BCUT2D eigenvalue weighted by atomic mass is 32.2. The number of ether oxygens (including phenoxy) is 1. The molecule has 0 unspecified atom stereocenters. The van der Waals surface area contributed by atoms with Crippen LogP contribution in [-0.2, 0) is 10.0 Å². The van der Waals surface area contributed by atoms with E-state index in [2.05, 4.69) is 19.9 Å². The van der Waals surface area contributed by atoms with E-state index in [1.165, 1.54) is 32.4 Å². The fraction of sp³-hybridized carbons (Fsp3) is 0.182. The number of carbonyl (C=O) groups is 1. The van der Waals surface area contributed by atoms with E-state index < -0.39 is 26.6 Å². The number of nitrogens with one attached hydrogen (secondary N) is 2. The van der Waals surface area contributed by atoms with Gasteiger partial charge in [-0.05, 0) is 19.1 Å². The number of rotatable bonds is 5. The van der Waals surface area contributed by atoms with Crippen molar-refractivity contribution in [2.24, 2.45) is 0 Å². The molecule has 0 aliphatic carbocycles. The van der Waals surface area contributed by atoms with Gasteiger partial charge in [0.2, 0.25) is 5.88 Å². The minimum atomic E-state index is -4.15. The van der Waals surface area contributed by atoms with E-state index in [1.54, 1.807) is 0 Å². The topological polar surface area (TPSA) is 134 Å². The van der Waals surface area contributed by atoms with E-state index >= 15 is 0 Å². The van der Waals surface area contributed by atoms with Crippen LogP contribution in [0.3, 0.4) is 0 Å². The number of methoxy groups -OCH3 is 1. The lowest BCUT2D eigenvalue weighted by Gasteiger charge is -2.10. The summed E-state index contributed by atoms with van der Waals surface area (Å²) >= 11 is 0. The molecule has 2 aromatic heterocycles. The third kappa shape index (κ3) is 2.79. The number of hydrogen-bond acceptors (Lipinski definition) is 6. The fourth-order valence-electron chi connectivity index (χ4n) is 1.72. The Morgan fingerprint density at radius 1 is 1.48 bits per heavy atom. The number of aromatic nitrogens is 3. The SMILES string of the molecule is COc1ncccc1NS(=O)(=O)c1c(C(=O)O)n[nH]c1C. The lowest BCUT2D eigenvalue weighted by molar-refractivity contribution is 0.0686. The normalized spacial score (nSPS) is 11.1. The third-order valence-electron chi connectivity index (χ3n) is 2.57. The molecule has 112 valence electrons. The molecule has 10 heteroatoms. The Kier molecular flexibility index (Phi) is 3.80. The second-order valence-electron chi connectivity index (χ2n) is 4.00. The molecule has 0 atom stereocenters.